The lowest BCUT2D eigenvalue weighted by molar-refractivity contribution is 0.521. The largest absolute Gasteiger partial charge is 0.382 e. The normalized spacial score (nSPS) is 20.7. The third kappa shape index (κ3) is 2.97. The molecule has 1 heteroatoms. The van der Waals surface area contributed by atoms with Gasteiger partial charge in [-0.2, -0.15) is 0 Å². The Hall–Kier alpha value is -1.76. The van der Waals surface area contributed by atoms with Crippen molar-refractivity contribution >= 4 is 5.69 Å². The number of fused-ring (bicyclic) bond motifs is 1. The number of para-hydroxylation sites is 1. The highest BCUT2D eigenvalue weighted by Crippen LogP contribution is 2.37. The molecule has 0 aliphatic carbocycles. The summed E-state index contributed by atoms with van der Waals surface area (Å²) < 4.78 is 0. The van der Waals surface area contributed by atoms with Gasteiger partial charge in [0, 0.05) is 11.7 Å². The molecule has 1 nitrogen and oxygen atoms in total. The maximum absolute atomic E-state index is 3.61. The van der Waals surface area contributed by atoms with Crippen LogP contribution in [-0.4, -0.2) is 6.04 Å². The molecule has 3 rings (SSSR count). The van der Waals surface area contributed by atoms with Gasteiger partial charge >= 0.3 is 0 Å². The Morgan fingerprint density at radius 3 is 2.48 bits per heavy atom. The summed E-state index contributed by atoms with van der Waals surface area (Å²) in [6, 6.07) is 16.0. The molecule has 2 unspecified atom stereocenters. The van der Waals surface area contributed by atoms with Crippen LogP contribution in [0.25, 0.3) is 0 Å². The minimum absolute atomic E-state index is 0.572. The summed E-state index contributed by atoms with van der Waals surface area (Å²) in [5.41, 5.74) is 7.25. The average Bonchev–Trinajstić information content (AvgIpc) is 2.46. The van der Waals surface area contributed by atoms with E-state index in [4.69, 9.17) is 0 Å². The van der Waals surface area contributed by atoms with Crippen LogP contribution in [-0.2, 0) is 6.42 Å². The zero-order valence-electron chi connectivity index (χ0n) is 13.3. The van der Waals surface area contributed by atoms with E-state index >= 15 is 0 Å². The molecule has 1 aliphatic heterocycles. The van der Waals surface area contributed by atoms with Gasteiger partial charge in [0.05, 0.1) is 0 Å². The summed E-state index contributed by atoms with van der Waals surface area (Å²) in [7, 11) is 0. The first kappa shape index (κ1) is 14.2. The summed E-state index contributed by atoms with van der Waals surface area (Å²) in [4.78, 5) is 0. The Morgan fingerprint density at radius 2 is 1.71 bits per heavy atom. The molecule has 2 aromatic rings. The molecule has 0 bridgehead atoms. The van der Waals surface area contributed by atoms with E-state index < -0.39 is 0 Å². The molecule has 0 amide bonds. The highest BCUT2D eigenvalue weighted by Gasteiger charge is 2.23. The smallest absolute Gasteiger partial charge is 0.0377 e. The molecule has 0 fully saturated rings. The van der Waals surface area contributed by atoms with Crippen molar-refractivity contribution in [2.75, 3.05) is 5.32 Å². The quantitative estimate of drug-likeness (QED) is 0.811. The number of anilines is 1. The molecule has 21 heavy (non-hydrogen) atoms. The second-order valence-corrected chi connectivity index (χ2v) is 6.47. The Kier molecular flexibility index (Phi) is 4.01. The van der Waals surface area contributed by atoms with E-state index in [-0.39, 0.29) is 0 Å². The van der Waals surface area contributed by atoms with Gasteiger partial charge in [0.15, 0.2) is 0 Å². The minimum Gasteiger partial charge on any atom is -0.382 e. The van der Waals surface area contributed by atoms with Crippen LogP contribution in [0.2, 0.25) is 0 Å². The van der Waals surface area contributed by atoms with Crippen molar-refractivity contribution < 1.29 is 0 Å². The second-order valence-electron chi connectivity index (χ2n) is 6.47. The van der Waals surface area contributed by atoms with E-state index in [2.05, 4.69) is 68.6 Å². The highest BCUT2D eigenvalue weighted by molar-refractivity contribution is 5.55. The summed E-state index contributed by atoms with van der Waals surface area (Å²) in [5.74, 6) is 0.677. The predicted molar refractivity (Wildman–Crippen MR) is 91.1 cm³/mol. The van der Waals surface area contributed by atoms with E-state index in [9.17, 15) is 0 Å². The lowest BCUT2D eigenvalue weighted by Crippen LogP contribution is -2.25. The molecule has 0 spiro atoms. The SMILES string of the molecule is Cc1cccc(C)c1CCC1CC(C)Nc2ccccc21. The first-order valence-electron chi connectivity index (χ1n) is 8.05. The number of benzene rings is 2. The standard InChI is InChI=1S/C20H25N/c1-14-7-6-8-15(2)18(14)12-11-17-13-16(3)21-20-10-5-4-9-19(17)20/h4-10,16-17,21H,11-13H2,1-3H3. The number of hydrogen-bond donors (Lipinski definition) is 1. The first-order chi connectivity index (χ1) is 10.1. The van der Waals surface area contributed by atoms with Crippen molar-refractivity contribution in [2.45, 2.75) is 52.0 Å². The van der Waals surface area contributed by atoms with Gasteiger partial charge < -0.3 is 5.32 Å². The average molecular weight is 279 g/mol. The molecule has 2 atom stereocenters. The molecule has 0 saturated heterocycles. The Labute approximate surface area is 128 Å². The molecule has 2 aromatic carbocycles. The van der Waals surface area contributed by atoms with Crippen LogP contribution in [0.5, 0.6) is 0 Å². The molecule has 110 valence electrons. The summed E-state index contributed by atoms with van der Waals surface area (Å²) in [6.07, 6.45) is 3.67. The third-order valence-corrected chi connectivity index (χ3v) is 4.83. The van der Waals surface area contributed by atoms with E-state index in [1.54, 1.807) is 5.56 Å². The zero-order chi connectivity index (χ0) is 14.8. The van der Waals surface area contributed by atoms with Gasteiger partial charge in [-0.15, -0.1) is 0 Å². The second kappa shape index (κ2) is 5.93. The van der Waals surface area contributed by atoms with Crippen LogP contribution in [0.4, 0.5) is 5.69 Å². The van der Waals surface area contributed by atoms with Crippen LogP contribution in [0.3, 0.4) is 0 Å². The van der Waals surface area contributed by atoms with Gasteiger partial charge in [-0.3, -0.25) is 0 Å². The molecule has 1 heterocycles. The number of hydrogen-bond acceptors (Lipinski definition) is 1. The molecule has 1 N–H and O–H groups in total. The monoisotopic (exact) mass is 279 g/mol. The molecule has 1 aliphatic rings. The van der Waals surface area contributed by atoms with Crippen LogP contribution in [0.15, 0.2) is 42.5 Å². The van der Waals surface area contributed by atoms with Crippen LogP contribution >= 0.6 is 0 Å². The van der Waals surface area contributed by atoms with Crippen molar-refractivity contribution in [3.8, 4) is 0 Å². The van der Waals surface area contributed by atoms with Crippen LogP contribution < -0.4 is 5.32 Å². The van der Waals surface area contributed by atoms with E-state index in [1.165, 1.54) is 41.6 Å². The van der Waals surface area contributed by atoms with Crippen molar-refractivity contribution in [3.05, 3.63) is 64.7 Å². The predicted octanol–water partition coefficient (Wildman–Crippen LogP) is 5.22. The van der Waals surface area contributed by atoms with Gasteiger partial charge in [-0.1, -0.05) is 36.4 Å². The van der Waals surface area contributed by atoms with E-state index in [0.717, 1.165) is 0 Å². The number of aryl methyl sites for hydroxylation is 2. The Balaban J connectivity index is 1.80. The summed E-state index contributed by atoms with van der Waals surface area (Å²) in [5, 5.41) is 3.61. The fourth-order valence-corrected chi connectivity index (χ4v) is 3.70. The molecule has 0 saturated carbocycles. The zero-order valence-corrected chi connectivity index (χ0v) is 13.3. The van der Waals surface area contributed by atoms with Crippen molar-refractivity contribution in [1.82, 2.24) is 0 Å². The van der Waals surface area contributed by atoms with Gasteiger partial charge in [-0.05, 0) is 74.3 Å². The topological polar surface area (TPSA) is 12.0 Å². The summed E-state index contributed by atoms with van der Waals surface area (Å²) >= 11 is 0. The lowest BCUT2D eigenvalue weighted by atomic mass is 9.82. The summed E-state index contributed by atoms with van der Waals surface area (Å²) in [6.45, 7) is 6.77. The van der Waals surface area contributed by atoms with Gasteiger partial charge in [0.2, 0.25) is 0 Å². The van der Waals surface area contributed by atoms with Crippen molar-refractivity contribution in [1.29, 1.82) is 0 Å². The van der Waals surface area contributed by atoms with Gasteiger partial charge in [0.1, 0.15) is 0 Å². The molecule has 0 aromatic heterocycles. The van der Waals surface area contributed by atoms with Gasteiger partial charge in [-0.25, -0.2) is 0 Å². The highest BCUT2D eigenvalue weighted by atomic mass is 14.9. The number of rotatable bonds is 3. The Morgan fingerprint density at radius 1 is 1.00 bits per heavy atom. The molecule has 0 radical (unpaired) electrons. The Bertz CT molecular complexity index is 609. The van der Waals surface area contributed by atoms with Crippen LogP contribution in [0.1, 0.15) is 47.9 Å². The molecular weight excluding hydrogens is 254 g/mol. The number of nitrogens with one attached hydrogen (secondary N) is 1. The first-order valence-corrected chi connectivity index (χ1v) is 8.05. The molecular formula is C20H25N. The van der Waals surface area contributed by atoms with E-state index in [0.29, 0.717) is 12.0 Å². The van der Waals surface area contributed by atoms with Crippen LogP contribution in [0, 0.1) is 13.8 Å². The third-order valence-electron chi connectivity index (χ3n) is 4.83. The maximum atomic E-state index is 3.61. The van der Waals surface area contributed by atoms with Crippen molar-refractivity contribution in [3.63, 3.8) is 0 Å². The van der Waals surface area contributed by atoms with Gasteiger partial charge in [0.25, 0.3) is 0 Å². The van der Waals surface area contributed by atoms with Crippen molar-refractivity contribution in [2.24, 2.45) is 0 Å². The lowest BCUT2D eigenvalue weighted by Gasteiger charge is -2.31. The fourth-order valence-electron chi connectivity index (χ4n) is 3.70. The maximum Gasteiger partial charge on any atom is 0.0377 e. The van der Waals surface area contributed by atoms with E-state index in [1.807, 2.05) is 0 Å². The minimum atomic E-state index is 0.572. The fraction of sp³-hybridized carbons (Fsp3) is 0.400.